The zero-order valence-electron chi connectivity index (χ0n) is 14.7. The van der Waals surface area contributed by atoms with Crippen molar-refractivity contribution in [2.24, 2.45) is 0 Å². The average Bonchev–Trinajstić information content (AvgIpc) is 3.05. The number of hydrogen-bond donors (Lipinski definition) is 2. The highest BCUT2D eigenvalue weighted by Crippen LogP contribution is 2.24. The van der Waals surface area contributed by atoms with Crippen molar-refractivity contribution >= 4 is 23.2 Å². The number of carbonyl (C=O) groups is 1. The first-order valence-electron chi connectivity index (χ1n) is 8.77. The van der Waals surface area contributed by atoms with Crippen molar-refractivity contribution in [2.45, 2.75) is 13.0 Å². The maximum absolute atomic E-state index is 12.9. The van der Waals surface area contributed by atoms with Crippen LogP contribution in [0.5, 0.6) is 0 Å². The van der Waals surface area contributed by atoms with Gasteiger partial charge in [-0.25, -0.2) is 0 Å². The Morgan fingerprint density at radius 1 is 1.35 bits per heavy atom. The van der Waals surface area contributed by atoms with Crippen LogP contribution >= 0.6 is 11.6 Å². The Kier molecular flexibility index (Phi) is 6.49. The molecule has 1 saturated heterocycles. The fraction of sp³-hybridized carbons (Fsp3) is 0.444. The highest BCUT2D eigenvalue weighted by atomic mass is 35.5. The highest BCUT2D eigenvalue weighted by Gasteiger charge is 2.21. The molecule has 1 amide bonds. The highest BCUT2D eigenvalue weighted by molar-refractivity contribution is 6.31. The molecule has 1 aromatic heterocycles. The first-order chi connectivity index (χ1) is 12.6. The van der Waals surface area contributed by atoms with Crippen molar-refractivity contribution in [3.63, 3.8) is 0 Å². The number of halogens is 1. The third kappa shape index (κ3) is 4.75. The van der Waals surface area contributed by atoms with E-state index in [1.54, 1.807) is 35.4 Å². The fourth-order valence-corrected chi connectivity index (χ4v) is 3.26. The number of anilines is 1. The predicted octanol–water partition coefficient (Wildman–Crippen LogP) is 2.01. The van der Waals surface area contributed by atoms with Gasteiger partial charge < -0.3 is 15.4 Å². The molecular formula is C18H24ClN5O2. The van der Waals surface area contributed by atoms with E-state index in [4.69, 9.17) is 22.1 Å². The molecule has 0 atom stereocenters. The molecule has 1 aliphatic rings. The van der Waals surface area contributed by atoms with Gasteiger partial charge in [0.1, 0.15) is 5.69 Å². The van der Waals surface area contributed by atoms with Crippen LogP contribution in [0, 0.1) is 0 Å². The molecule has 2 aromatic rings. The molecule has 140 valence electrons. The van der Waals surface area contributed by atoms with Gasteiger partial charge in [-0.05, 0) is 24.6 Å². The predicted molar refractivity (Wildman–Crippen MR) is 101 cm³/mol. The number of aromatic amines is 1. The number of rotatable bonds is 6. The number of nitrogens with one attached hydrogen (secondary N) is 1. The molecule has 8 heteroatoms. The Hall–Kier alpha value is -2.09. The van der Waals surface area contributed by atoms with Crippen LogP contribution in [0.4, 0.5) is 5.69 Å². The molecule has 0 aliphatic carbocycles. The van der Waals surface area contributed by atoms with Crippen LogP contribution in [-0.2, 0) is 11.3 Å². The molecule has 1 aromatic carbocycles. The molecule has 7 nitrogen and oxygen atoms in total. The number of nitrogen functional groups attached to an aromatic ring is 1. The maximum atomic E-state index is 12.9. The molecule has 3 N–H and O–H groups in total. The minimum atomic E-state index is -0.118. The summed E-state index contributed by atoms with van der Waals surface area (Å²) in [5.41, 5.74) is 7.88. The quantitative estimate of drug-likeness (QED) is 0.752. The van der Waals surface area contributed by atoms with Crippen molar-refractivity contribution in [1.82, 2.24) is 20.0 Å². The summed E-state index contributed by atoms with van der Waals surface area (Å²) in [7, 11) is 0. The number of ether oxygens (including phenoxy) is 1. The number of nitrogens with zero attached hydrogens (tertiary/aromatic N) is 3. The summed E-state index contributed by atoms with van der Waals surface area (Å²) >= 11 is 6.31. The Balaban J connectivity index is 1.74. The maximum Gasteiger partial charge on any atom is 0.272 e. The second-order valence-corrected chi connectivity index (χ2v) is 6.72. The topological polar surface area (TPSA) is 87.5 Å². The van der Waals surface area contributed by atoms with Crippen LogP contribution in [0.1, 0.15) is 22.5 Å². The van der Waals surface area contributed by atoms with Gasteiger partial charge in [-0.15, -0.1) is 0 Å². The van der Waals surface area contributed by atoms with Crippen molar-refractivity contribution in [2.75, 3.05) is 45.1 Å². The van der Waals surface area contributed by atoms with Crippen LogP contribution < -0.4 is 5.73 Å². The minimum absolute atomic E-state index is 0.118. The van der Waals surface area contributed by atoms with E-state index in [0.29, 0.717) is 29.5 Å². The van der Waals surface area contributed by atoms with Crippen LogP contribution in [-0.4, -0.2) is 65.3 Å². The first kappa shape index (κ1) is 18.7. The Morgan fingerprint density at radius 3 is 3.00 bits per heavy atom. The summed E-state index contributed by atoms with van der Waals surface area (Å²) in [6.07, 6.45) is 2.58. The van der Waals surface area contributed by atoms with E-state index in [1.165, 1.54) is 0 Å². The summed E-state index contributed by atoms with van der Waals surface area (Å²) in [5, 5.41) is 7.19. The largest absolute Gasteiger partial charge is 0.398 e. The van der Waals surface area contributed by atoms with Gasteiger partial charge in [-0.1, -0.05) is 17.7 Å². The average molecular weight is 378 g/mol. The van der Waals surface area contributed by atoms with Crippen molar-refractivity contribution in [3.8, 4) is 0 Å². The molecule has 26 heavy (non-hydrogen) atoms. The molecule has 0 saturated carbocycles. The van der Waals surface area contributed by atoms with Gasteiger partial charge >= 0.3 is 0 Å². The summed E-state index contributed by atoms with van der Waals surface area (Å²) in [5.74, 6) is -0.118. The lowest BCUT2D eigenvalue weighted by atomic mass is 10.1. The molecular weight excluding hydrogens is 354 g/mol. The normalized spacial score (nSPS) is 15.6. The van der Waals surface area contributed by atoms with E-state index < -0.39 is 0 Å². The number of nitrogens with two attached hydrogens (primary N) is 1. The summed E-state index contributed by atoms with van der Waals surface area (Å²) < 4.78 is 5.50. The van der Waals surface area contributed by atoms with Crippen LogP contribution in [0.25, 0.3) is 0 Å². The van der Waals surface area contributed by atoms with Gasteiger partial charge in [-0.2, -0.15) is 5.10 Å². The van der Waals surface area contributed by atoms with Gasteiger partial charge in [0.05, 0.1) is 6.61 Å². The molecule has 1 aliphatic heterocycles. The van der Waals surface area contributed by atoms with E-state index in [-0.39, 0.29) is 5.91 Å². The van der Waals surface area contributed by atoms with E-state index >= 15 is 0 Å². The third-order valence-electron chi connectivity index (χ3n) is 4.52. The number of amides is 1. The number of aromatic nitrogens is 2. The molecule has 0 unspecified atom stereocenters. The smallest absolute Gasteiger partial charge is 0.272 e. The molecule has 0 spiro atoms. The van der Waals surface area contributed by atoms with Crippen molar-refractivity contribution in [1.29, 1.82) is 0 Å². The van der Waals surface area contributed by atoms with Gasteiger partial charge in [0.25, 0.3) is 5.91 Å². The Labute approximate surface area is 158 Å². The number of benzene rings is 1. The lowest BCUT2D eigenvalue weighted by molar-refractivity contribution is 0.0714. The second kappa shape index (κ2) is 9.02. The van der Waals surface area contributed by atoms with E-state index in [9.17, 15) is 4.79 Å². The summed E-state index contributed by atoms with van der Waals surface area (Å²) in [4.78, 5) is 17.0. The zero-order chi connectivity index (χ0) is 18.4. The molecule has 3 rings (SSSR count). The second-order valence-electron chi connectivity index (χ2n) is 6.31. The SMILES string of the molecule is Nc1cccc(Cl)c1CN(CCN1CCCOCC1)C(=O)c1ccn[nH]1. The lowest BCUT2D eigenvalue weighted by Crippen LogP contribution is -2.39. The number of hydrogen-bond acceptors (Lipinski definition) is 5. The first-order valence-corrected chi connectivity index (χ1v) is 9.14. The van der Waals surface area contributed by atoms with Crippen molar-refractivity contribution < 1.29 is 9.53 Å². The molecule has 1 fully saturated rings. The molecule has 2 heterocycles. The van der Waals surface area contributed by atoms with E-state index in [1.807, 2.05) is 0 Å². The fourth-order valence-electron chi connectivity index (χ4n) is 3.01. The lowest BCUT2D eigenvalue weighted by Gasteiger charge is -2.27. The third-order valence-corrected chi connectivity index (χ3v) is 4.88. The van der Waals surface area contributed by atoms with Gasteiger partial charge in [0, 0.05) is 61.8 Å². The van der Waals surface area contributed by atoms with Gasteiger partial charge in [0.2, 0.25) is 0 Å². The monoisotopic (exact) mass is 377 g/mol. The molecule has 0 radical (unpaired) electrons. The van der Waals surface area contributed by atoms with Gasteiger partial charge in [-0.3, -0.25) is 14.8 Å². The van der Waals surface area contributed by atoms with Crippen LogP contribution in [0.15, 0.2) is 30.5 Å². The van der Waals surface area contributed by atoms with E-state index in [2.05, 4.69) is 15.1 Å². The zero-order valence-corrected chi connectivity index (χ0v) is 15.4. The molecule has 0 bridgehead atoms. The van der Waals surface area contributed by atoms with Crippen LogP contribution in [0.2, 0.25) is 5.02 Å². The van der Waals surface area contributed by atoms with E-state index in [0.717, 1.165) is 44.8 Å². The number of H-pyrrole nitrogens is 1. The summed E-state index contributed by atoms with van der Waals surface area (Å²) in [6.45, 7) is 5.07. The van der Waals surface area contributed by atoms with Crippen LogP contribution in [0.3, 0.4) is 0 Å². The Bertz CT molecular complexity index is 694. The van der Waals surface area contributed by atoms with Crippen molar-refractivity contribution in [3.05, 3.63) is 46.7 Å². The number of carbonyl (C=O) groups excluding carboxylic acids is 1. The Morgan fingerprint density at radius 2 is 2.23 bits per heavy atom. The van der Waals surface area contributed by atoms with Gasteiger partial charge in [0.15, 0.2) is 0 Å². The standard InChI is InChI=1S/C18H24ClN5O2/c19-15-3-1-4-16(20)14(15)13-24(18(25)17-5-6-21-22-17)9-8-23-7-2-11-26-12-10-23/h1,3-6H,2,7-13,20H2,(H,21,22). The summed E-state index contributed by atoms with van der Waals surface area (Å²) in [6, 6.07) is 7.06. The minimum Gasteiger partial charge on any atom is -0.398 e.